The SMILES string of the molecule is CC(C)n1ccc2nnn(C)c2c1=O. The second-order valence-corrected chi connectivity index (χ2v) is 3.57. The van der Waals surface area contributed by atoms with Gasteiger partial charge in [0.1, 0.15) is 5.52 Å². The van der Waals surface area contributed by atoms with E-state index in [1.54, 1.807) is 17.8 Å². The Kier molecular flexibility index (Phi) is 1.87. The maximum absolute atomic E-state index is 11.9. The fraction of sp³-hybridized carbons (Fsp3) is 0.444. The summed E-state index contributed by atoms with van der Waals surface area (Å²) in [6.45, 7) is 3.94. The Balaban J connectivity index is 2.86. The van der Waals surface area contributed by atoms with E-state index >= 15 is 0 Å². The lowest BCUT2D eigenvalue weighted by Crippen LogP contribution is -2.22. The quantitative estimate of drug-likeness (QED) is 0.668. The topological polar surface area (TPSA) is 52.7 Å². The number of nitrogens with zero attached hydrogens (tertiary/aromatic N) is 4. The molecular formula is C9H12N4O. The van der Waals surface area contributed by atoms with Crippen LogP contribution in [-0.2, 0) is 7.05 Å². The highest BCUT2D eigenvalue weighted by Gasteiger charge is 2.09. The molecule has 5 nitrogen and oxygen atoms in total. The van der Waals surface area contributed by atoms with Crippen LogP contribution in [0.4, 0.5) is 0 Å². The van der Waals surface area contributed by atoms with Crippen LogP contribution >= 0.6 is 0 Å². The number of hydrogen-bond acceptors (Lipinski definition) is 3. The van der Waals surface area contributed by atoms with Gasteiger partial charge in [-0.3, -0.25) is 4.79 Å². The van der Waals surface area contributed by atoms with Crippen molar-refractivity contribution in [1.82, 2.24) is 19.6 Å². The molecule has 14 heavy (non-hydrogen) atoms. The molecule has 74 valence electrons. The summed E-state index contributed by atoms with van der Waals surface area (Å²) in [5, 5.41) is 7.69. The van der Waals surface area contributed by atoms with Crippen molar-refractivity contribution in [3.63, 3.8) is 0 Å². The molecule has 2 heterocycles. The van der Waals surface area contributed by atoms with Gasteiger partial charge in [0.25, 0.3) is 5.56 Å². The van der Waals surface area contributed by atoms with Crippen LogP contribution in [0.1, 0.15) is 19.9 Å². The van der Waals surface area contributed by atoms with Crippen molar-refractivity contribution < 1.29 is 0 Å². The number of fused-ring (bicyclic) bond motifs is 1. The molecule has 0 aromatic carbocycles. The average molecular weight is 192 g/mol. The minimum absolute atomic E-state index is 0.0370. The molecule has 0 radical (unpaired) electrons. The van der Waals surface area contributed by atoms with Gasteiger partial charge < -0.3 is 4.57 Å². The summed E-state index contributed by atoms with van der Waals surface area (Å²) in [4.78, 5) is 11.9. The van der Waals surface area contributed by atoms with Gasteiger partial charge in [0.15, 0.2) is 5.52 Å². The molecule has 0 unspecified atom stereocenters. The van der Waals surface area contributed by atoms with Crippen molar-refractivity contribution in [1.29, 1.82) is 0 Å². The molecular weight excluding hydrogens is 180 g/mol. The number of rotatable bonds is 1. The largest absolute Gasteiger partial charge is 0.311 e. The second-order valence-electron chi connectivity index (χ2n) is 3.57. The Morgan fingerprint density at radius 2 is 2.14 bits per heavy atom. The molecule has 5 heteroatoms. The predicted octanol–water partition coefficient (Wildman–Crippen LogP) is 0.711. The third kappa shape index (κ3) is 1.13. The van der Waals surface area contributed by atoms with Crippen LogP contribution < -0.4 is 5.56 Å². The van der Waals surface area contributed by atoms with E-state index in [1.165, 1.54) is 4.68 Å². The predicted molar refractivity (Wildman–Crippen MR) is 53.2 cm³/mol. The summed E-state index contributed by atoms with van der Waals surface area (Å²) in [5.41, 5.74) is 1.17. The van der Waals surface area contributed by atoms with E-state index < -0.39 is 0 Å². The van der Waals surface area contributed by atoms with E-state index in [4.69, 9.17) is 0 Å². The molecule has 0 amide bonds. The average Bonchev–Trinajstić information content (AvgIpc) is 2.48. The first-order chi connectivity index (χ1) is 6.61. The standard InChI is InChI=1S/C9H12N4O/c1-6(2)13-5-4-7-8(9(13)14)12(3)11-10-7/h4-6H,1-3H3. The lowest BCUT2D eigenvalue weighted by Gasteiger charge is -2.08. The third-order valence-corrected chi connectivity index (χ3v) is 2.24. The summed E-state index contributed by atoms with van der Waals surface area (Å²) in [7, 11) is 1.72. The first-order valence-corrected chi connectivity index (χ1v) is 4.52. The van der Waals surface area contributed by atoms with Gasteiger partial charge in [0.05, 0.1) is 0 Å². The number of aromatic nitrogens is 4. The Bertz CT molecular complexity index is 523. The van der Waals surface area contributed by atoms with E-state index in [-0.39, 0.29) is 11.6 Å². The van der Waals surface area contributed by atoms with E-state index in [0.717, 1.165) is 0 Å². The maximum atomic E-state index is 11.9. The van der Waals surface area contributed by atoms with Gasteiger partial charge in [0, 0.05) is 19.3 Å². The Labute approximate surface area is 81.0 Å². The molecule has 0 spiro atoms. The van der Waals surface area contributed by atoms with E-state index in [1.807, 2.05) is 19.9 Å². The van der Waals surface area contributed by atoms with Gasteiger partial charge in [-0.15, -0.1) is 5.10 Å². The summed E-state index contributed by atoms with van der Waals surface area (Å²) in [6.07, 6.45) is 1.75. The van der Waals surface area contributed by atoms with Crippen molar-refractivity contribution >= 4 is 11.0 Å². The number of pyridine rings is 1. The van der Waals surface area contributed by atoms with Gasteiger partial charge in [0.2, 0.25) is 0 Å². The van der Waals surface area contributed by atoms with Crippen LogP contribution in [0.25, 0.3) is 11.0 Å². The molecule has 2 aromatic heterocycles. The van der Waals surface area contributed by atoms with Crippen molar-refractivity contribution in [3.05, 3.63) is 22.6 Å². The summed E-state index contributed by atoms with van der Waals surface area (Å²) in [6, 6.07) is 1.96. The highest BCUT2D eigenvalue weighted by atomic mass is 16.1. The van der Waals surface area contributed by atoms with Crippen LogP contribution in [0.5, 0.6) is 0 Å². The van der Waals surface area contributed by atoms with Crippen LogP contribution in [0.3, 0.4) is 0 Å². The lowest BCUT2D eigenvalue weighted by atomic mass is 10.3. The molecule has 0 atom stereocenters. The minimum atomic E-state index is -0.0370. The van der Waals surface area contributed by atoms with Gasteiger partial charge in [-0.1, -0.05) is 5.21 Å². The van der Waals surface area contributed by atoms with Gasteiger partial charge >= 0.3 is 0 Å². The van der Waals surface area contributed by atoms with E-state index in [0.29, 0.717) is 11.0 Å². The molecule has 0 saturated heterocycles. The highest BCUT2D eigenvalue weighted by Crippen LogP contribution is 2.06. The highest BCUT2D eigenvalue weighted by molar-refractivity contribution is 5.72. The summed E-state index contributed by atoms with van der Waals surface area (Å²) in [5.74, 6) is 0. The smallest absolute Gasteiger partial charge is 0.278 e. The molecule has 2 aromatic rings. The van der Waals surface area contributed by atoms with E-state index in [2.05, 4.69) is 10.3 Å². The lowest BCUT2D eigenvalue weighted by molar-refractivity contribution is 0.579. The minimum Gasteiger partial charge on any atom is -0.311 e. The Morgan fingerprint density at radius 1 is 1.43 bits per heavy atom. The van der Waals surface area contributed by atoms with Crippen LogP contribution in [0.2, 0.25) is 0 Å². The molecule has 0 fully saturated rings. The van der Waals surface area contributed by atoms with Gasteiger partial charge in [-0.2, -0.15) is 0 Å². The fourth-order valence-corrected chi connectivity index (χ4v) is 1.48. The zero-order valence-electron chi connectivity index (χ0n) is 8.43. The van der Waals surface area contributed by atoms with E-state index in [9.17, 15) is 4.79 Å². The molecule has 2 rings (SSSR count). The number of aryl methyl sites for hydroxylation is 1. The fourth-order valence-electron chi connectivity index (χ4n) is 1.48. The van der Waals surface area contributed by atoms with Crippen molar-refractivity contribution in [2.45, 2.75) is 19.9 Å². The molecule has 0 saturated carbocycles. The van der Waals surface area contributed by atoms with Crippen LogP contribution in [-0.4, -0.2) is 19.6 Å². The van der Waals surface area contributed by atoms with Crippen molar-refractivity contribution in [3.8, 4) is 0 Å². The van der Waals surface area contributed by atoms with Crippen molar-refractivity contribution in [2.24, 2.45) is 7.05 Å². The van der Waals surface area contributed by atoms with Gasteiger partial charge in [-0.25, -0.2) is 4.68 Å². The summed E-state index contributed by atoms with van der Waals surface area (Å²) < 4.78 is 3.18. The van der Waals surface area contributed by atoms with Crippen LogP contribution in [0, 0.1) is 0 Å². The first kappa shape index (κ1) is 8.93. The zero-order valence-corrected chi connectivity index (χ0v) is 8.43. The maximum Gasteiger partial charge on any atom is 0.278 e. The molecule has 0 bridgehead atoms. The zero-order chi connectivity index (χ0) is 10.3. The van der Waals surface area contributed by atoms with Crippen molar-refractivity contribution in [2.75, 3.05) is 0 Å². The molecule has 0 aliphatic carbocycles. The molecule has 0 aliphatic heterocycles. The second kappa shape index (κ2) is 2.94. The molecule has 0 aliphatic rings. The monoisotopic (exact) mass is 192 g/mol. The first-order valence-electron chi connectivity index (χ1n) is 4.52. The summed E-state index contributed by atoms with van der Waals surface area (Å²) >= 11 is 0. The normalized spacial score (nSPS) is 11.4. The Morgan fingerprint density at radius 3 is 2.79 bits per heavy atom. The number of hydrogen-bond donors (Lipinski definition) is 0. The van der Waals surface area contributed by atoms with Crippen LogP contribution in [0.15, 0.2) is 17.1 Å². The Hall–Kier alpha value is -1.65. The van der Waals surface area contributed by atoms with Gasteiger partial charge in [-0.05, 0) is 19.9 Å². The third-order valence-electron chi connectivity index (χ3n) is 2.24. The molecule has 0 N–H and O–H groups in total.